The molecule has 0 atom stereocenters. The van der Waals surface area contributed by atoms with Crippen molar-refractivity contribution in [3.8, 4) is 0 Å². The van der Waals surface area contributed by atoms with E-state index in [1.165, 1.54) is 6.39 Å². The highest BCUT2D eigenvalue weighted by atomic mass is 16.3. The van der Waals surface area contributed by atoms with Gasteiger partial charge in [0.25, 0.3) is 0 Å². The molecular weight excluding hydrogens is 130 g/mol. The number of aromatic nitrogens is 1. The molecule has 0 aliphatic carbocycles. The summed E-state index contributed by atoms with van der Waals surface area (Å²) in [6.45, 7) is 3.90. The molecule has 10 heavy (non-hydrogen) atoms. The van der Waals surface area contributed by atoms with Crippen molar-refractivity contribution in [3.63, 3.8) is 0 Å². The SMILES string of the molecule is CC(C)c1ocnc1C=O. The maximum absolute atomic E-state index is 10.3. The van der Waals surface area contributed by atoms with Crippen LogP contribution in [0.4, 0.5) is 0 Å². The Hall–Kier alpha value is -1.12. The van der Waals surface area contributed by atoms with Crippen LogP contribution in [0.15, 0.2) is 10.8 Å². The zero-order chi connectivity index (χ0) is 7.56. The van der Waals surface area contributed by atoms with Crippen molar-refractivity contribution >= 4 is 6.29 Å². The summed E-state index contributed by atoms with van der Waals surface area (Å²) in [5.74, 6) is 0.887. The van der Waals surface area contributed by atoms with E-state index in [9.17, 15) is 4.79 Å². The Labute approximate surface area is 59.1 Å². The Balaban J connectivity index is 3.01. The molecule has 0 amide bonds. The summed E-state index contributed by atoms with van der Waals surface area (Å²) in [4.78, 5) is 14.0. The Morgan fingerprint density at radius 2 is 2.40 bits per heavy atom. The second-order valence-corrected chi connectivity index (χ2v) is 2.37. The minimum atomic E-state index is 0.225. The van der Waals surface area contributed by atoms with E-state index in [2.05, 4.69) is 4.98 Å². The molecule has 0 aliphatic heterocycles. The standard InChI is InChI=1S/C7H9NO2/c1-5(2)7-6(3-9)8-4-10-7/h3-5H,1-2H3. The molecule has 3 heteroatoms. The Morgan fingerprint density at radius 3 is 2.80 bits per heavy atom. The largest absolute Gasteiger partial charge is 0.447 e. The van der Waals surface area contributed by atoms with Gasteiger partial charge in [-0.05, 0) is 0 Å². The van der Waals surface area contributed by atoms with Crippen molar-refractivity contribution in [2.45, 2.75) is 19.8 Å². The highest BCUT2D eigenvalue weighted by molar-refractivity contribution is 5.73. The third-order valence-electron chi connectivity index (χ3n) is 1.26. The Morgan fingerprint density at radius 1 is 1.70 bits per heavy atom. The predicted molar refractivity (Wildman–Crippen MR) is 36.0 cm³/mol. The number of nitrogens with zero attached hydrogens (tertiary/aromatic N) is 1. The van der Waals surface area contributed by atoms with Gasteiger partial charge >= 0.3 is 0 Å². The number of aldehydes is 1. The first-order valence-corrected chi connectivity index (χ1v) is 3.14. The number of hydrogen-bond acceptors (Lipinski definition) is 3. The lowest BCUT2D eigenvalue weighted by molar-refractivity contribution is 0.111. The third-order valence-corrected chi connectivity index (χ3v) is 1.26. The molecule has 0 spiro atoms. The van der Waals surface area contributed by atoms with Crippen molar-refractivity contribution in [3.05, 3.63) is 17.8 Å². The van der Waals surface area contributed by atoms with Crippen molar-refractivity contribution in [2.24, 2.45) is 0 Å². The van der Waals surface area contributed by atoms with Crippen LogP contribution >= 0.6 is 0 Å². The van der Waals surface area contributed by atoms with E-state index < -0.39 is 0 Å². The minimum Gasteiger partial charge on any atom is -0.447 e. The first-order chi connectivity index (χ1) is 4.75. The summed E-state index contributed by atoms with van der Waals surface area (Å²) < 4.78 is 4.97. The molecule has 1 rings (SSSR count). The summed E-state index contributed by atoms with van der Waals surface area (Å²) in [6.07, 6.45) is 2.00. The Kier molecular flexibility index (Phi) is 1.85. The number of oxazole rings is 1. The van der Waals surface area contributed by atoms with Crippen LogP contribution in [-0.4, -0.2) is 11.3 Å². The zero-order valence-corrected chi connectivity index (χ0v) is 6.00. The van der Waals surface area contributed by atoms with Gasteiger partial charge in [-0.15, -0.1) is 0 Å². The van der Waals surface area contributed by atoms with Gasteiger partial charge in [-0.2, -0.15) is 0 Å². The number of hydrogen-bond donors (Lipinski definition) is 0. The van der Waals surface area contributed by atoms with Gasteiger partial charge in [0, 0.05) is 5.92 Å². The monoisotopic (exact) mass is 139 g/mol. The fourth-order valence-corrected chi connectivity index (χ4v) is 0.784. The normalized spacial score (nSPS) is 10.3. The van der Waals surface area contributed by atoms with E-state index in [0.717, 1.165) is 0 Å². The molecule has 1 aromatic heterocycles. The third kappa shape index (κ3) is 1.07. The highest BCUT2D eigenvalue weighted by Gasteiger charge is 2.09. The van der Waals surface area contributed by atoms with Gasteiger partial charge in [0.2, 0.25) is 0 Å². The van der Waals surface area contributed by atoms with Crippen LogP contribution in [0.3, 0.4) is 0 Å². The molecule has 3 nitrogen and oxygen atoms in total. The topological polar surface area (TPSA) is 43.1 Å². The first-order valence-electron chi connectivity index (χ1n) is 3.14. The van der Waals surface area contributed by atoms with Crippen LogP contribution in [-0.2, 0) is 0 Å². The lowest BCUT2D eigenvalue weighted by atomic mass is 10.1. The van der Waals surface area contributed by atoms with Gasteiger partial charge in [-0.1, -0.05) is 13.8 Å². The number of carbonyl (C=O) groups excluding carboxylic acids is 1. The summed E-state index contributed by atoms with van der Waals surface area (Å²) >= 11 is 0. The van der Waals surface area contributed by atoms with E-state index in [4.69, 9.17) is 4.42 Å². The quantitative estimate of drug-likeness (QED) is 0.584. The molecule has 54 valence electrons. The minimum absolute atomic E-state index is 0.225. The van der Waals surface area contributed by atoms with Gasteiger partial charge < -0.3 is 4.42 Å². The summed E-state index contributed by atoms with van der Waals surface area (Å²) in [5.41, 5.74) is 0.412. The molecule has 0 unspecified atom stereocenters. The van der Waals surface area contributed by atoms with Crippen LogP contribution in [0.25, 0.3) is 0 Å². The van der Waals surface area contributed by atoms with Gasteiger partial charge in [-0.25, -0.2) is 4.98 Å². The van der Waals surface area contributed by atoms with Crippen LogP contribution in [0.1, 0.15) is 36.0 Å². The molecule has 0 aliphatic rings. The maximum Gasteiger partial charge on any atom is 0.181 e. The molecular formula is C7H9NO2. The highest BCUT2D eigenvalue weighted by Crippen LogP contribution is 2.15. The lowest BCUT2D eigenvalue weighted by Crippen LogP contribution is -1.90. The van der Waals surface area contributed by atoms with Crippen molar-refractivity contribution < 1.29 is 9.21 Å². The molecule has 0 fully saturated rings. The second-order valence-electron chi connectivity index (χ2n) is 2.37. The second kappa shape index (κ2) is 2.64. The van der Waals surface area contributed by atoms with E-state index in [0.29, 0.717) is 17.7 Å². The fourth-order valence-electron chi connectivity index (χ4n) is 0.784. The van der Waals surface area contributed by atoms with Crippen molar-refractivity contribution in [2.75, 3.05) is 0 Å². The molecule has 1 heterocycles. The van der Waals surface area contributed by atoms with Crippen molar-refractivity contribution in [1.29, 1.82) is 0 Å². The number of rotatable bonds is 2. The van der Waals surface area contributed by atoms with Crippen LogP contribution < -0.4 is 0 Å². The molecule has 0 aromatic carbocycles. The molecule has 0 N–H and O–H groups in total. The van der Waals surface area contributed by atoms with Crippen molar-refractivity contribution in [1.82, 2.24) is 4.98 Å². The van der Waals surface area contributed by atoms with Crippen LogP contribution in [0.5, 0.6) is 0 Å². The van der Waals surface area contributed by atoms with E-state index in [1.54, 1.807) is 0 Å². The summed E-state index contributed by atoms with van der Waals surface area (Å²) in [7, 11) is 0. The molecule has 0 saturated heterocycles. The van der Waals surface area contributed by atoms with Gasteiger partial charge in [0.05, 0.1) is 0 Å². The number of carbonyl (C=O) groups is 1. The Bertz CT molecular complexity index is 227. The summed E-state index contributed by atoms with van der Waals surface area (Å²) in [5, 5.41) is 0. The molecule has 1 aromatic rings. The van der Waals surface area contributed by atoms with E-state index in [-0.39, 0.29) is 5.92 Å². The zero-order valence-electron chi connectivity index (χ0n) is 6.00. The smallest absolute Gasteiger partial charge is 0.181 e. The fraction of sp³-hybridized carbons (Fsp3) is 0.429. The predicted octanol–water partition coefficient (Wildman–Crippen LogP) is 1.61. The first kappa shape index (κ1) is 6.99. The average Bonchev–Trinajstić information content (AvgIpc) is 2.33. The molecule has 0 bridgehead atoms. The lowest BCUT2D eigenvalue weighted by Gasteiger charge is -1.96. The van der Waals surface area contributed by atoms with Crippen LogP contribution in [0.2, 0.25) is 0 Å². The maximum atomic E-state index is 10.3. The summed E-state index contributed by atoms with van der Waals surface area (Å²) in [6, 6.07) is 0. The van der Waals surface area contributed by atoms with Crippen LogP contribution in [0, 0.1) is 0 Å². The van der Waals surface area contributed by atoms with E-state index in [1.807, 2.05) is 13.8 Å². The molecule has 0 radical (unpaired) electrons. The van der Waals surface area contributed by atoms with Gasteiger partial charge in [0.15, 0.2) is 12.7 Å². The molecule has 0 saturated carbocycles. The average molecular weight is 139 g/mol. The van der Waals surface area contributed by atoms with Gasteiger partial charge in [-0.3, -0.25) is 4.79 Å². The van der Waals surface area contributed by atoms with Gasteiger partial charge in [0.1, 0.15) is 11.5 Å². The van der Waals surface area contributed by atoms with E-state index >= 15 is 0 Å².